The molecule has 1 aromatic carbocycles. The van der Waals surface area contributed by atoms with Crippen LogP contribution in [0, 0.1) is 5.92 Å². The van der Waals surface area contributed by atoms with Crippen LogP contribution in [-0.4, -0.2) is 52.0 Å². The fourth-order valence-electron chi connectivity index (χ4n) is 4.35. The van der Waals surface area contributed by atoms with Gasteiger partial charge in [0.25, 0.3) is 0 Å². The third kappa shape index (κ3) is 4.27. The van der Waals surface area contributed by atoms with E-state index in [9.17, 15) is 4.79 Å². The predicted molar refractivity (Wildman–Crippen MR) is 107 cm³/mol. The van der Waals surface area contributed by atoms with Crippen molar-refractivity contribution in [2.45, 2.75) is 51.5 Å². The minimum absolute atomic E-state index is 0.0687. The van der Waals surface area contributed by atoms with Gasteiger partial charge in [0.2, 0.25) is 17.6 Å². The van der Waals surface area contributed by atoms with Crippen molar-refractivity contribution in [2.24, 2.45) is 5.92 Å². The zero-order valence-corrected chi connectivity index (χ0v) is 16.7. The minimum atomic E-state index is 0.0687. The molecule has 150 valence electrons. The van der Waals surface area contributed by atoms with Crippen LogP contribution in [0.3, 0.4) is 0 Å². The second kappa shape index (κ2) is 8.86. The van der Waals surface area contributed by atoms with Crippen molar-refractivity contribution in [1.82, 2.24) is 19.9 Å². The highest BCUT2D eigenvalue weighted by molar-refractivity contribution is 5.79. The van der Waals surface area contributed by atoms with E-state index in [2.05, 4.69) is 26.9 Å². The van der Waals surface area contributed by atoms with E-state index in [1.165, 1.54) is 12.8 Å². The van der Waals surface area contributed by atoms with Crippen LogP contribution in [0.5, 0.6) is 0 Å². The average molecular weight is 383 g/mol. The molecular weight excluding hydrogens is 352 g/mol. The Labute approximate surface area is 166 Å². The number of carbonyl (C=O) groups is 1. The summed E-state index contributed by atoms with van der Waals surface area (Å²) in [6, 6.07) is 9.96. The Kier molecular flexibility index (Phi) is 6.05. The zero-order chi connectivity index (χ0) is 19.3. The van der Waals surface area contributed by atoms with Crippen LogP contribution in [0.1, 0.15) is 57.4 Å². The molecule has 2 aromatic rings. The van der Waals surface area contributed by atoms with Gasteiger partial charge >= 0.3 is 0 Å². The fourth-order valence-corrected chi connectivity index (χ4v) is 4.35. The van der Waals surface area contributed by atoms with Crippen molar-refractivity contribution in [1.29, 1.82) is 0 Å². The number of piperidine rings is 1. The summed E-state index contributed by atoms with van der Waals surface area (Å²) in [5.41, 5.74) is 0.964. The summed E-state index contributed by atoms with van der Waals surface area (Å²) in [6.07, 6.45) is 6.66. The molecule has 3 heterocycles. The van der Waals surface area contributed by atoms with E-state index >= 15 is 0 Å². The van der Waals surface area contributed by atoms with Gasteiger partial charge in [-0.25, -0.2) is 0 Å². The van der Waals surface area contributed by atoms with Gasteiger partial charge in [0.15, 0.2) is 0 Å². The van der Waals surface area contributed by atoms with Crippen LogP contribution in [0.4, 0.5) is 0 Å². The van der Waals surface area contributed by atoms with Gasteiger partial charge in [0.1, 0.15) is 0 Å². The molecule has 6 heteroatoms. The summed E-state index contributed by atoms with van der Waals surface area (Å²) in [5, 5.41) is 4.14. The van der Waals surface area contributed by atoms with Gasteiger partial charge in [-0.05, 0) is 45.7 Å². The number of hydrogen-bond acceptors (Lipinski definition) is 5. The van der Waals surface area contributed by atoms with Crippen molar-refractivity contribution in [3.8, 4) is 11.4 Å². The third-order valence-electron chi connectivity index (χ3n) is 6.18. The van der Waals surface area contributed by atoms with Gasteiger partial charge in [-0.15, -0.1) is 0 Å². The van der Waals surface area contributed by atoms with E-state index in [0.717, 1.165) is 57.4 Å². The molecular formula is C22H30N4O2. The normalized spacial score (nSPS) is 20.7. The molecule has 2 saturated heterocycles. The van der Waals surface area contributed by atoms with Crippen LogP contribution < -0.4 is 0 Å². The van der Waals surface area contributed by atoms with E-state index < -0.39 is 0 Å². The molecule has 1 unspecified atom stereocenters. The molecule has 0 bridgehead atoms. The van der Waals surface area contributed by atoms with Crippen LogP contribution in [0.2, 0.25) is 0 Å². The van der Waals surface area contributed by atoms with E-state index in [-0.39, 0.29) is 12.0 Å². The predicted octanol–water partition coefficient (Wildman–Crippen LogP) is 3.91. The first-order valence-corrected chi connectivity index (χ1v) is 10.6. The summed E-state index contributed by atoms with van der Waals surface area (Å²) in [4.78, 5) is 21.9. The first-order valence-electron chi connectivity index (χ1n) is 10.6. The Morgan fingerprint density at radius 1 is 1.04 bits per heavy atom. The summed E-state index contributed by atoms with van der Waals surface area (Å²) in [5.74, 6) is 1.83. The van der Waals surface area contributed by atoms with E-state index in [0.29, 0.717) is 17.6 Å². The lowest BCUT2D eigenvalue weighted by molar-refractivity contribution is -0.137. The summed E-state index contributed by atoms with van der Waals surface area (Å²) in [6.45, 7) is 5.79. The molecule has 4 rings (SSSR count). The Morgan fingerprint density at radius 2 is 1.71 bits per heavy atom. The van der Waals surface area contributed by atoms with Gasteiger partial charge in [-0.2, -0.15) is 4.98 Å². The summed E-state index contributed by atoms with van der Waals surface area (Å²) in [7, 11) is 0. The molecule has 28 heavy (non-hydrogen) atoms. The minimum Gasteiger partial charge on any atom is -0.342 e. The SMILES string of the molecule is CC(c1nc(-c2ccccc2)no1)N1CCC(C(=O)N2CCCCCC2)CC1. The molecule has 2 aliphatic heterocycles. The van der Waals surface area contributed by atoms with Crippen molar-refractivity contribution >= 4 is 5.91 Å². The molecule has 6 nitrogen and oxygen atoms in total. The molecule has 1 aromatic heterocycles. The van der Waals surface area contributed by atoms with Gasteiger partial charge in [-0.1, -0.05) is 48.3 Å². The lowest BCUT2D eigenvalue weighted by Gasteiger charge is -2.35. The fraction of sp³-hybridized carbons (Fsp3) is 0.591. The van der Waals surface area contributed by atoms with Crippen molar-refractivity contribution in [3.05, 3.63) is 36.2 Å². The second-order valence-corrected chi connectivity index (χ2v) is 8.05. The highest BCUT2D eigenvalue weighted by atomic mass is 16.5. The maximum absolute atomic E-state index is 12.9. The van der Waals surface area contributed by atoms with Crippen LogP contribution in [0.25, 0.3) is 11.4 Å². The smallest absolute Gasteiger partial charge is 0.244 e. The van der Waals surface area contributed by atoms with Gasteiger partial charge < -0.3 is 9.42 Å². The Bertz CT molecular complexity index is 760. The number of nitrogens with zero attached hydrogens (tertiary/aromatic N) is 4. The van der Waals surface area contributed by atoms with E-state index in [1.807, 2.05) is 30.3 Å². The molecule has 1 amide bonds. The molecule has 0 N–H and O–H groups in total. The first-order chi connectivity index (χ1) is 13.7. The summed E-state index contributed by atoms with van der Waals surface area (Å²) < 4.78 is 5.54. The molecule has 0 radical (unpaired) electrons. The average Bonchev–Trinajstić information content (AvgIpc) is 3.09. The van der Waals surface area contributed by atoms with Crippen molar-refractivity contribution in [2.75, 3.05) is 26.2 Å². The topological polar surface area (TPSA) is 62.5 Å². The monoisotopic (exact) mass is 382 g/mol. The van der Waals surface area contributed by atoms with Crippen molar-refractivity contribution < 1.29 is 9.32 Å². The second-order valence-electron chi connectivity index (χ2n) is 8.05. The number of aromatic nitrogens is 2. The maximum atomic E-state index is 12.9. The number of amides is 1. The molecule has 0 aliphatic carbocycles. The lowest BCUT2D eigenvalue weighted by Crippen LogP contribution is -2.43. The Morgan fingerprint density at radius 3 is 2.39 bits per heavy atom. The van der Waals surface area contributed by atoms with Gasteiger partial charge in [-0.3, -0.25) is 9.69 Å². The lowest BCUT2D eigenvalue weighted by atomic mass is 9.94. The van der Waals surface area contributed by atoms with Gasteiger partial charge in [0, 0.05) is 24.6 Å². The number of hydrogen-bond donors (Lipinski definition) is 0. The van der Waals surface area contributed by atoms with E-state index in [4.69, 9.17) is 4.52 Å². The molecule has 0 spiro atoms. The molecule has 2 fully saturated rings. The van der Waals surface area contributed by atoms with Crippen LogP contribution in [-0.2, 0) is 4.79 Å². The highest BCUT2D eigenvalue weighted by Gasteiger charge is 2.32. The number of benzene rings is 1. The quantitative estimate of drug-likeness (QED) is 0.802. The Balaban J connectivity index is 1.33. The number of carbonyl (C=O) groups excluding carboxylic acids is 1. The standard InChI is InChI=1S/C22H30N4O2/c1-17(21-23-20(24-28-21)18-9-5-4-6-10-18)25-15-11-19(12-16-25)22(27)26-13-7-2-3-8-14-26/h4-6,9-10,17,19H,2-3,7-8,11-16H2,1H3. The zero-order valence-electron chi connectivity index (χ0n) is 16.7. The highest BCUT2D eigenvalue weighted by Crippen LogP contribution is 2.28. The van der Waals surface area contributed by atoms with Crippen molar-refractivity contribution in [3.63, 3.8) is 0 Å². The van der Waals surface area contributed by atoms with Gasteiger partial charge in [0.05, 0.1) is 6.04 Å². The molecule has 1 atom stereocenters. The first kappa shape index (κ1) is 19.1. The van der Waals surface area contributed by atoms with Crippen LogP contribution >= 0.6 is 0 Å². The van der Waals surface area contributed by atoms with Crippen LogP contribution in [0.15, 0.2) is 34.9 Å². The number of rotatable bonds is 4. The number of likely N-dealkylation sites (tertiary alicyclic amines) is 2. The molecule has 2 aliphatic rings. The summed E-state index contributed by atoms with van der Waals surface area (Å²) >= 11 is 0. The largest absolute Gasteiger partial charge is 0.342 e. The molecule has 0 saturated carbocycles. The Hall–Kier alpha value is -2.21. The van der Waals surface area contributed by atoms with E-state index in [1.54, 1.807) is 0 Å². The third-order valence-corrected chi connectivity index (χ3v) is 6.18. The maximum Gasteiger partial charge on any atom is 0.244 e.